The van der Waals surface area contributed by atoms with Crippen molar-refractivity contribution in [3.63, 3.8) is 0 Å². The van der Waals surface area contributed by atoms with Gasteiger partial charge in [-0.3, -0.25) is 29.4 Å². The summed E-state index contributed by atoms with van der Waals surface area (Å²) < 4.78 is 66.5. The van der Waals surface area contributed by atoms with E-state index in [1.807, 2.05) is 0 Å². The lowest BCUT2D eigenvalue weighted by molar-refractivity contribution is -0.271. The van der Waals surface area contributed by atoms with Gasteiger partial charge in [-0.1, -0.05) is 27.7 Å². The highest BCUT2D eigenvalue weighted by molar-refractivity contribution is 6.04. The highest BCUT2D eigenvalue weighted by Crippen LogP contribution is 2.39. The number of imide groups is 1. The molecule has 1 aliphatic rings. The predicted octanol–water partition coefficient (Wildman–Crippen LogP) is 3.04. The number of nitrogens with one attached hydrogen (secondary N) is 2. The first-order chi connectivity index (χ1) is 17.9. The van der Waals surface area contributed by atoms with Gasteiger partial charge in [0.25, 0.3) is 5.91 Å². The number of Topliss-reactive ketones (excluding diaryl/α,β-unsaturated/α-hetero) is 1. The highest BCUT2D eigenvalue weighted by Gasteiger charge is 2.65. The number of halogens is 5. The van der Waals surface area contributed by atoms with Gasteiger partial charge in [-0.25, -0.2) is 4.79 Å². The smallest absolute Gasteiger partial charge is 0.461 e. The van der Waals surface area contributed by atoms with Crippen LogP contribution in [-0.4, -0.2) is 76.2 Å². The Morgan fingerprint density at radius 2 is 1.46 bits per heavy atom. The second-order valence-corrected chi connectivity index (χ2v) is 9.95. The molecule has 1 fully saturated rings. The van der Waals surface area contributed by atoms with Gasteiger partial charge in [0.1, 0.15) is 6.04 Å². The number of hydrogen-bond acceptors (Lipinski definition) is 6. The molecule has 0 bridgehead atoms. The van der Waals surface area contributed by atoms with Crippen molar-refractivity contribution in [2.75, 3.05) is 6.54 Å². The van der Waals surface area contributed by atoms with Crippen LogP contribution in [0.4, 0.5) is 22.0 Å². The predicted molar refractivity (Wildman–Crippen MR) is 127 cm³/mol. The van der Waals surface area contributed by atoms with Gasteiger partial charge < -0.3 is 10.4 Å². The fourth-order valence-electron chi connectivity index (χ4n) is 4.37. The lowest BCUT2D eigenvalue weighted by Gasteiger charge is -2.36. The molecule has 1 aliphatic heterocycles. The van der Waals surface area contributed by atoms with Crippen LogP contribution in [0.15, 0.2) is 24.3 Å². The average Bonchev–Trinajstić information content (AvgIpc) is 3.30. The van der Waals surface area contributed by atoms with E-state index >= 15 is 0 Å². The summed E-state index contributed by atoms with van der Waals surface area (Å²) in [6.07, 6.45) is -5.90. The van der Waals surface area contributed by atoms with E-state index in [0.29, 0.717) is 0 Å². The number of hydrogen-bond donors (Lipinski definition) is 3. The Hall–Kier alpha value is -3.42. The van der Waals surface area contributed by atoms with E-state index in [1.165, 1.54) is 38.1 Å². The number of likely N-dealkylation sites (tertiary alicyclic amines) is 1. The number of nitrogens with zero attached hydrogens (tertiary/aromatic N) is 1. The van der Waals surface area contributed by atoms with Crippen LogP contribution in [0.1, 0.15) is 61.3 Å². The van der Waals surface area contributed by atoms with Gasteiger partial charge in [0, 0.05) is 5.56 Å². The third-order valence-electron chi connectivity index (χ3n) is 6.40. The van der Waals surface area contributed by atoms with Gasteiger partial charge in [0.2, 0.25) is 17.6 Å². The third kappa shape index (κ3) is 7.16. The highest BCUT2D eigenvalue weighted by atomic mass is 19.4. The van der Waals surface area contributed by atoms with Gasteiger partial charge in [-0.15, -0.1) is 0 Å². The molecule has 0 aliphatic carbocycles. The Morgan fingerprint density at radius 1 is 0.923 bits per heavy atom. The van der Waals surface area contributed by atoms with Crippen molar-refractivity contribution in [1.82, 2.24) is 15.5 Å². The van der Waals surface area contributed by atoms with Crippen molar-refractivity contribution in [3.8, 4) is 0 Å². The maximum absolute atomic E-state index is 13.9. The first kappa shape index (κ1) is 31.8. The summed E-state index contributed by atoms with van der Waals surface area (Å²) in [6, 6.07) is 0.312. The van der Waals surface area contributed by atoms with Crippen LogP contribution in [0, 0.1) is 11.8 Å². The lowest BCUT2D eigenvalue weighted by atomic mass is 9.93. The molecule has 0 aromatic heterocycles. The van der Waals surface area contributed by atoms with Crippen LogP contribution < -0.4 is 10.6 Å². The van der Waals surface area contributed by atoms with E-state index in [2.05, 4.69) is 10.6 Å². The number of carboxylic acids is 1. The normalized spacial score (nSPS) is 18.1. The summed E-state index contributed by atoms with van der Waals surface area (Å²) in [4.78, 5) is 62.8. The fraction of sp³-hybridized carbons (Fsp3) is 0.560. The number of ketones is 1. The number of amides is 3. The molecule has 3 atom stereocenters. The average molecular weight is 564 g/mol. The lowest BCUT2D eigenvalue weighted by Crippen LogP contribution is -2.60. The molecule has 3 N–H and O–H groups in total. The van der Waals surface area contributed by atoms with E-state index in [1.54, 1.807) is 13.8 Å². The maximum atomic E-state index is 13.9. The third-order valence-corrected chi connectivity index (χ3v) is 6.40. The molecule has 0 saturated carbocycles. The Bertz CT molecular complexity index is 1100. The van der Waals surface area contributed by atoms with Gasteiger partial charge >= 0.3 is 18.1 Å². The summed E-state index contributed by atoms with van der Waals surface area (Å²) in [5.41, 5.74) is -0.0294. The monoisotopic (exact) mass is 563 g/mol. The number of aromatic carboxylic acids is 1. The number of alkyl halides is 5. The fourth-order valence-corrected chi connectivity index (χ4v) is 4.37. The second kappa shape index (κ2) is 12.2. The zero-order chi connectivity index (χ0) is 29.9. The van der Waals surface area contributed by atoms with E-state index < -0.39 is 71.5 Å². The van der Waals surface area contributed by atoms with Crippen molar-refractivity contribution in [2.45, 2.75) is 70.8 Å². The molecule has 1 unspecified atom stereocenters. The summed E-state index contributed by atoms with van der Waals surface area (Å²) in [6.45, 7) is 5.57. The number of carbonyl (C=O) groups is 5. The Morgan fingerprint density at radius 3 is 1.92 bits per heavy atom. The largest absolute Gasteiger partial charge is 0.478 e. The molecule has 0 radical (unpaired) electrons. The molecule has 1 saturated heterocycles. The van der Waals surface area contributed by atoms with Crippen LogP contribution >= 0.6 is 0 Å². The molecule has 1 aromatic carbocycles. The molecular weight excluding hydrogens is 533 g/mol. The van der Waals surface area contributed by atoms with E-state index in [0.717, 1.165) is 4.90 Å². The molecule has 1 aromatic rings. The molecule has 2 rings (SSSR count). The molecule has 14 heteroatoms. The second-order valence-electron chi connectivity index (χ2n) is 9.95. The SMILES string of the molecule is CC(C)C(C(=O)C(F)(F)C(F)(F)F)N1CCC[C@H]1C(=O)NC(=O)[C@@H](NC(=O)c1ccc(C(=O)O)cc1)C(C)C. The van der Waals surface area contributed by atoms with Crippen molar-refractivity contribution in [3.05, 3.63) is 35.4 Å². The summed E-state index contributed by atoms with van der Waals surface area (Å²) in [7, 11) is 0. The molecule has 3 amide bonds. The van der Waals surface area contributed by atoms with Crippen LogP contribution in [0.5, 0.6) is 0 Å². The van der Waals surface area contributed by atoms with Gasteiger partial charge in [0.05, 0.1) is 17.6 Å². The van der Waals surface area contributed by atoms with E-state index in [9.17, 15) is 45.9 Å². The number of carboxylic acid groups (broad SMARTS) is 1. The van der Waals surface area contributed by atoms with Crippen LogP contribution in [0.2, 0.25) is 0 Å². The quantitative estimate of drug-likeness (QED) is 0.373. The molecule has 216 valence electrons. The first-order valence-electron chi connectivity index (χ1n) is 12.1. The molecular formula is C25H30F5N3O6. The molecule has 1 heterocycles. The molecule has 39 heavy (non-hydrogen) atoms. The topological polar surface area (TPSA) is 133 Å². The van der Waals surface area contributed by atoms with Crippen LogP contribution in [0.25, 0.3) is 0 Å². The van der Waals surface area contributed by atoms with Gasteiger partial charge in [-0.05, 0) is 55.5 Å². The summed E-state index contributed by atoms with van der Waals surface area (Å²) in [5, 5.41) is 13.5. The minimum Gasteiger partial charge on any atom is -0.478 e. The Kier molecular flexibility index (Phi) is 9.93. The zero-order valence-electron chi connectivity index (χ0n) is 21.6. The minimum atomic E-state index is -6.11. The Balaban J connectivity index is 2.19. The zero-order valence-corrected chi connectivity index (χ0v) is 21.6. The first-order valence-corrected chi connectivity index (χ1v) is 12.1. The maximum Gasteiger partial charge on any atom is 0.461 e. The number of rotatable bonds is 10. The number of carbonyl (C=O) groups excluding carboxylic acids is 4. The molecule has 9 nitrogen and oxygen atoms in total. The standard InChI is InChI=1S/C25H30F5N3O6/c1-12(2)17(31-20(35)14-7-9-15(10-8-14)23(38)39)22(37)32-21(36)16-6-5-11-33(16)18(13(3)4)19(34)24(26,27)25(28,29)30/h7-10,12-13,16-18H,5-6,11H2,1-4H3,(H,31,35)(H,38,39)(H,32,36,37)/t16-,17-,18?/m0/s1. The molecule has 0 spiro atoms. The summed E-state index contributed by atoms with van der Waals surface area (Å²) >= 11 is 0. The van der Waals surface area contributed by atoms with E-state index in [4.69, 9.17) is 5.11 Å². The van der Waals surface area contributed by atoms with Crippen LogP contribution in [0.3, 0.4) is 0 Å². The van der Waals surface area contributed by atoms with Crippen molar-refractivity contribution >= 4 is 29.5 Å². The number of benzene rings is 1. The van der Waals surface area contributed by atoms with Crippen molar-refractivity contribution in [2.24, 2.45) is 11.8 Å². The van der Waals surface area contributed by atoms with E-state index in [-0.39, 0.29) is 30.5 Å². The van der Waals surface area contributed by atoms with Gasteiger partial charge in [-0.2, -0.15) is 22.0 Å². The summed E-state index contributed by atoms with van der Waals surface area (Å²) in [5.74, 6) is -13.5. The van der Waals surface area contributed by atoms with Crippen molar-refractivity contribution < 1.29 is 51.0 Å². The Labute approximate surface area is 221 Å². The van der Waals surface area contributed by atoms with Gasteiger partial charge in [0.15, 0.2) is 0 Å². The van der Waals surface area contributed by atoms with Crippen LogP contribution in [-0.2, 0) is 14.4 Å². The minimum absolute atomic E-state index is 0.00182. The van der Waals surface area contributed by atoms with Crippen molar-refractivity contribution in [1.29, 1.82) is 0 Å².